The molecule has 5 aromatic heterocycles. The molecular weight excluding hydrogens is 809 g/mol. The minimum atomic E-state index is -0.456. The van der Waals surface area contributed by atoms with Crippen LogP contribution in [0.3, 0.4) is 0 Å². The maximum Gasteiger partial charge on any atom is 0.269 e. The highest BCUT2D eigenvalue weighted by atomic mass is 16.5. The Morgan fingerprint density at radius 3 is 1.97 bits per heavy atom. The first-order valence-corrected chi connectivity index (χ1v) is 21.7. The molecule has 0 N–H and O–H groups in total. The SMILES string of the molecule is [2H]c1c([2H])c([2H])c(-c2cnccc2-[n+]2[c-]n(-c3cccc(Oc4cc5c(cc4-n4c6ccccc6c6ccccc64)c4ccccc4n5-c4cccc(-c5ccccc5)n4)c3)c3ccccc32)c([2H])c1[2H]. The van der Waals surface area contributed by atoms with Crippen molar-refractivity contribution >= 4 is 54.6 Å². The summed E-state index contributed by atoms with van der Waals surface area (Å²) in [6.45, 7) is 0. The summed E-state index contributed by atoms with van der Waals surface area (Å²) in [6.07, 6.45) is 6.70. The molecule has 66 heavy (non-hydrogen) atoms. The maximum atomic E-state index is 8.81. The van der Waals surface area contributed by atoms with Gasteiger partial charge in [0.15, 0.2) is 5.75 Å². The van der Waals surface area contributed by atoms with Crippen LogP contribution >= 0.6 is 0 Å². The lowest BCUT2D eigenvalue weighted by molar-refractivity contribution is -0.571. The van der Waals surface area contributed by atoms with Gasteiger partial charge in [0.1, 0.15) is 11.6 Å². The number of aromatic nitrogens is 6. The van der Waals surface area contributed by atoms with Crippen molar-refractivity contribution in [2.75, 3.05) is 0 Å². The predicted octanol–water partition coefficient (Wildman–Crippen LogP) is 13.8. The summed E-state index contributed by atoms with van der Waals surface area (Å²) in [6, 6.07) is 61.7. The van der Waals surface area contributed by atoms with Crippen molar-refractivity contribution in [2.45, 2.75) is 0 Å². The van der Waals surface area contributed by atoms with E-state index in [4.69, 9.17) is 16.6 Å². The van der Waals surface area contributed by atoms with Gasteiger partial charge in [-0.05, 0) is 66.2 Å². The van der Waals surface area contributed by atoms with Crippen molar-refractivity contribution in [2.24, 2.45) is 0 Å². The zero-order chi connectivity index (χ0) is 47.9. The summed E-state index contributed by atoms with van der Waals surface area (Å²) in [5.41, 5.74) is 10.1. The van der Waals surface area contributed by atoms with Crippen molar-refractivity contribution in [3.63, 3.8) is 0 Å². The molecule has 0 bridgehead atoms. The Labute approximate surface area is 387 Å². The predicted molar refractivity (Wildman–Crippen MR) is 265 cm³/mol. The van der Waals surface area contributed by atoms with E-state index >= 15 is 0 Å². The minimum Gasteiger partial charge on any atom is -0.456 e. The monoisotopic (exact) mass is 851 g/mol. The second-order valence-electron chi connectivity index (χ2n) is 16.1. The summed E-state index contributed by atoms with van der Waals surface area (Å²) in [4.78, 5) is 9.60. The van der Waals surface area contributed by atoms with Crippen LogP contribution in [0.15, 0.2) is 231 Å². The lowest BCUT2D eigenvalue weighted by atomic mass is 10.1. The van der Waals surface area contributed by atoms with Gasteiger partial charge in [0.25, 0.3) is 6.33 Å². The van der Waals surface area contributed by atoms with Crippen molar-refractivity contribution in [1.29, 1.82) is 0 Å². The molecule has 7 nitrogen and oxygen atoms in total. The van der Waals surface area contributed by atoms with Crippen LogP contribution in [0.25, 0.3) is 99.9 Å². The van der Waals surface area contributed by atoms with Gasteiger partial charge in [-0.1, -0.05) is 152 Å². The van der Waals surface area contributed by atoms with Crippen LogP contribution in [0.2, 0.25) is 0 Å². The number of pyridine rings is 2. The van der Waals surface area contributed by atoms with Crippen LogP contribution < -0.4 is 9.30 Å². The van der Waals surface area contributed by atoms with E-state index in [2.05, 4.69) is 124 Å². The third kappa shape index (κ3) is 6.09. The second kappa shape index (κ2) is 15.3. The molecule has 0 aliphatic heterocycles. The van der Waals surface area contributed by atoms with E-state index in [1.54, 1.807) is 12.3 Å². The number of benzene rings is 8. The average molecular weight is 852 g/mol. The molecule has 0 atom stereocenters. The Morgan fingerprint density at radius 1 is 0.530 bits per heavy atom. The van der Waals surface area contributed by atoms with Crippen LogP contribution in [-0.2, 0) is 0 Å². The molecule has 0 radical (unpaired) electrons. The van der Waals surface area contributed by atoms with Gasteiger partial charge in [-0.2, -0.15) is 0 Å². The number of hydrogen-bond acceptors (Lipinski definition) is 3. The molecular formula is C59H38N6O. The number of para-hydroxylation sites is 5. The van der Waals surface area contributed by atoms with Gasteiger partial charge in [-0.25, -0.2) is 4.98 Å². The minimum absolute atomic E-state index is 0.0574. The van der Waals surface area contributed by atoms with Crippen LogP contribution in [0, 0.1) is 6.33 Å². The molecule has 0 amide bonds. The fraction of sp³-hybridized carbons (Fsp3) is 0. The third-order valence-electron chi connectivity index (χ3n) is 12.3. The van der Waals surface area contributed by atoms with Crippen LogP contribution in [-0.4, -0.2) is 23.7 Å². The van der Waals surface area contributed by atoms with Crippen LogP contribution in [0.1, 0.15) is 6.85 Å². The van der Waals surface area contributed by atoms with Crippen molar-refractivity contribution in [3.8, 4) is 56.8 Å². The van der Waals surface area contributed by atoms with Crippen molar-refractivity contribution in [3.05, 3.63) is 237 Å². The Balaban J connectivity index is 1.01. The van der Waals surface area contributed by atoms with E-state index in [0.717, 1.165) is 83.1 Å². The molecule has 13 rings (SSSR count). The molecule has 8 aromatic carbocycles. The molecule has 0 saturated carbocycles. The van der Waals surface area contributed by atoms with E-state index in [0.29, 0.717) is 22.7 Å². The molecule has 0 spiro atoms. The molecule has 0 aliphatic carbocycles. The number of imidazole rings is 1. The molecule has 13 aromatic rings. The van der Waals surface area contributed by atoms with Gasteiger partial charge in [0.05, 0.1) is 62.7 Å². The molecule has 0 unspecified atom stereocenters. The molecule has 310 valence electrons. The van der Waals surface area contributed by atoms with Crippen LogP contribution in [0.4, 0.5) is 0 Å². The Bertz CT molecular complexity index is 4210. The number of ether oxygens (including phenoxy) is 1. The first-order valence-electron chi connectivity index (χ1n) is 24.2. The average Bonchev–Trinajstić information content (AvgIpc) is 4.08. The number of rotatable bonds is 8. The Morgan fingerprint density at radius 2 is 1.20 bits per heavy atom. The van der Waals surface area contributed by atoms with E-state index in [1.807, 2.05) is 88.0 Å². The smallest absolute Gasteiger partial charge is 0.269 e. The second-order valence-corrected chi connectivity index (χ2v) is 16.1. The topological polar surface area (TPSA) is 53.7 Å². The fourth-order valence-electron chi connectivity index (χ4n) is 9.39. The molecule has 0 aliphatic rings. The first kappa shape index (κ1) is 32.6. The highest BCUT2D eigenvalue weighted by Gasteiger charge is 2.22. The van der Waals surface area contributed by atoms with E-state index in [1.165, 1.54) is 6.20 Å². The van der Waals surface area contributed by atoms with E-state index < -0.39 is 18.1 Å². The summed E-state index contributed by atoms with van der Waals surface area (Å²) in [5.74, 6) is 1.99. The molecule has 0 fully saturated rings. The lowest BCUT2D eigenvalue weighted by Crippen LogP contribution is -2.30. The highest BCUT2D eigenvalue weighted by Crippen LogP contribution is 2.43. The third-order valence-corrected chi connectivity index (χ3v) is 12.3. The van der Waals surface area contributed by atoms with Gasteiger partial charge in [0.2, 0.25) is 0 Å². The summed E-state index contributed by atoms with van der Waals surface area (Å²) < 4.78 is 58.2. The molecule has 7 heteroatoms. The summed E-state index contributed by atoms with van der Waals surface area (Å²) in [7, 11) is 0. The highest BCUT2D eigenvalue weighted by molar-refractivity contribution is 6.13. The number of fused-ring (bicyclic) bond motifs is 7. The normalized spacial score (nSPS) is 12.7. The number of hydrogen-bond donors (Lipinski definition) is 0. The molecule has 5 heterocycles. The van der Waals surface area contributed by atoms with Gasteiger partial charge in [-0.3, -0.25) is 18.7 Å². The standard InChI is InChI=1S/C59H38N6O/c1-3-17-40(18-4-1)48-38-60-34-33-50(48)63-39-62(54-30-13-14-31-55(54)63)42-21-15-22-43(35-42)66-58-37-56-47(36-57(58)64-51-27-10-7-23-44(51)45-24-8-11-28-52(45)64)46-25-9-12-29-53(46)65(56)59-32-16-26-49(61-59)41-19-5-2-6-20-41/h1-38H/i1D,3D,4D,17D,18D. The number of nitrogens with zero attached hydrogens (tertiary/aromatic N) is 6. The van der Waals surface area contributed by atoms with E-state index in [9.17, 15) is 0 Å². The zero-order valence-electron chi connectivity index (χ0n) is 40.1. The van der Waals surface area contributed by atoms with Crippen molar-refractivity contribution in [1.82, 2.24) is 23.7 Å². The van der Waals surface area contributed by atoms with Gasteiger partial charge >= 0.3 is 0 Å². The van der Waals surface area contributed by atoms with Crippen molar-refractivity contribution < 1.29 is 16.2 Å². The Kier molecular flexibility index (Phi) is 7.57. The van der Waals surface area contributed by atoms with Gasteiger partial charge in [-0.15, -0.1) is 0 Å². The van der Waals surface area contributed by atoms with E-state index in [-0.39, 0.29) is 17.6 Å². The summed E-state index contributed by atoms with van der Waals surface area (Å²) in [5, 5.41) is 4.39. The zero-order valence-corrected chi connectivity index (χ0v) is 35.1. The van der Waals surface area contributed by atoms with Crippen LogP contribution in [0.5, 0.6) is 11.5 Å². The largest absolute Gasteiger partial charge is 0.456 e. The van der Waals surface area contributed by atoms with Gasteiger partial charge < -0.3 is 9.30 Å². The quantitative estimate of drug-likeness (QED) is 0.113. The summed E-state index contributed by atoms with van der Waals surface area (Å²) >= 11 is 0. The Hall–Kier alpha value is -9.07. The lowest BCUT2D eigenvalue weighted by Gasteiger charge is -2.17. The first-order chi connectivity index (χ1) is 34.8. The maximum absolute atomic E-state index is 8.81. The van der Waals surface area contributed by atoms with Gasteiger partial charge in [0, 0.05) is 51.1 Å². The fourth-order valence-corrected chi connectivity index (χ4v) is 9.39. The molecule has 0 saturated heterocycles.